The maximum Gasteiger partial charge on any atom is 0.119 e. The van der Waals surface area contributed by atoms with E-state index in [1.165, 1.54) is 0 Å². The average molecular weight is 156 g/mol. The molecule has 0 spiro atoms. The molecule has 1 aliphatic heterocycles. The van der Waals surface area contributed by atoms with Gasteiger partial charge in [0.1, 0.15) is 12.7 Å². The molecule has 1 aromatic heterocycles. The van der Waals surface area contributed by atoms with Gasteiger partial charge < -0.3 is 4.57 Å². The SMILES string of the molecule is FN1CCC(n2cnnc2)C1. The number of aromatic nitrogens is 3. The number of rotatable bonds is 1. The average Bonchev–Trinajstić information content (AvgIpc) is 2.55. The van der Waals surface area contributed by atoms with E-state index in [1.807, 2.05) is 4.57 Å². The summed E-state index contributed by atoms with van der Waals surface area (Å²) in [5.41, 5.74) is 0. The Labute approximate surface area is 63.6 Å². The predicted molar refractivity (Wildman–Crippen MR) is 36.4 cm³/mol. The van der Waals surface area contributed by atoms with Gasteiger partial charge in [0.15, 0.2) is 0 Å². The first kappa shape index (κ1) is 6.72. The van der Waals surface area contributed by atoms with E-state index in [0.717, 1.165) is 11.5 Å². The molecule has 11 heavy (non-hydrogen) atoms. The molecule has 1 atom stereocenters. The van der Waals surface area contributed by atoms with Crippen molar-refractivity contribution in [2.75, 3.05) is 13.1 Å². The van der Waals surface area contributed by atoms with Crippen LogP contribution in [0.25, 0.3) is 0 Å². The van der Waals surface area contributed by atoms with Gasteiger partial charge in [-0.1, -0.05) is 0 Å². The fourth-order valence-electron chi connectivity index (χ4n) is 1.34. The van der Waals surface area contributed by atoms with Gasteiger partial charge >= 0.3 is 0 Å². The van der Waals surface area contributed by atoms with Crippen molar-refractivity contribution in [3.63, 3.8) is 0 Å². The third-order valence-electron chi connectivity index (χ3n) is 1.97. The smallest absolute Gasteiger partial charge is 0.119 e. The summed E-state index contributed by atoms with van der Waals surface area (Å²) in [6.07, 6.45) is 4.10. The van der Waals surface area contributed by atoms with Gasteiger partial charge in [-0.25, -0.2) is 0 Å². The van der Waals surface area contributed by atoms with E-state index >= 15 is 0 Å². The monoisotopic (exact) mass is 156 g/mol. The zero-order valence-electron chi connectivity index (χ0n) is 6.02. The molecule has 0 N–H and O–H groups in total. The van der Waals surface area contributed by atoms with Crippen molar-refractivity contribution in [1.82, 2.24) is 19.9 Å². The first-order valence-electron chi connectivity index (χ1n) is 3.61. The highest BCUT2D eigenvalue weighted by Gasteiger charge is 2.23. The predicted octanol–water partition coefficient (Wildman–Crippen LogP) is 0.409. The van der Waals surface area contributed by atoms with Crippen LogP contribution < -0.4 is 0 Å². The minimum atomic E-state index is 0.218. The largest absolute Gasteiger partial charge is 0.316 e. The molecule has 1 saturated heterocycles. The summed E-state index contributed by atoms with van der Waals surface area (Å²) >= 11 is 0. The van der Waals surface area contributed by atoms with Crippen LogP contribution in [0.15, 0.2) is 12.7 Å². The van der Waals surface area contributed by atoms with Crippen molar-refractivity contribution < 1.29 is 4.48 Å². The van der Waals surface area contributed by atoms with E-state index in [-0.39, 0.29) is 6.04 Å². The van der Waals surface area contributed by atoms with Crippen LogP contribution in [0.1, 0.15) is 12.5 Å². The minimum Gasteiger partial charge on any atom is -0.316 e. The van der Waals surface area contributed by atoms with Gasteiger partial charge in [-0.3, -0.25) is 0 Å². The topological polar surface area (TPSA) is 34.0 Å². The lowest BCUT2D eigenvalue weighted by molar-refractivity contribution is 0.0528. The summed E-state index contributed by atoms with van der Waals surface area (Å²) in [5, 5.41) is 8.15. The van der Waals surface area contributed by atoms with Crippen molar-refractivity contribution in [2.24, 2.45) is 0 Å². The molecule has 4 nitrogen and oxygen atoms in total. The van der Waals surface area contributed by atoms with Gasteiger partial charge in [-0.05, 0) is 6.42 Å². The van der Waals surface area contributed by atoms with E-state index in [0.29, 0.717) is 13.1 Å². The Kier molecular flexibility index (Phi) is 1.58. The Hall–Kier alpha value is -0.970. The molecule has 0 amide bonds. The van der Waals surface area contributed by atoms with E-state index in [2.05, 4.69) is 10.2 Å². The van der Waals surface area contributed by atoms with Crippen LogP contribution in [0.5, 0.6) is 0 Å². The molecule has 1 aromatic rings. The molecule has 5 heteroatoms. The van der Waals surface area contributed by atoms with Gasteiger partial charge in [0.25, 0.3) is 0 Å². The highest BCUT2D eigenvalue weighted by atomic mass is 19.2. The lowest BCUT2D eigenvalue weighted by atomic mass is 10.3. The second-order valence-corrected chi connectivity index (χ2v) is 2.72. The standard InChI is InChI=1S/C6H9FN4/c7-11-2-1-6(3-11)10-4-8-9-5-10/h4-6H,1-3H2. The van der Waals surface area contributed by atoms with Gasteiger partial charge in [0.05, 0.1) is 6.04 Å². The van der Waals surface area contributed by atoms with E-state index in [9.17, 15) is 4.48 Å². The molecular formula is C6H9FN4. The van der Waals surface area contributed by atoms with Crippen LogP contribution in [-0.4, -0.2) is 33.0 Å². The van der Waals surface area contributed by atoms with Gasteiger partial charge in [0, 0.05) is 13.1 Å². The highest BCUT2D eigenvalue weighted by molar-refractivity contribution is 4.79. The fraction of sp³-hybridized carbons (Fsp3) is 0.667. The molecule has 0 aliphatic carbocycles. The van der Waals surface area contributed by atoms with Gasteiger partial charge in [-0.2, -0.15) is 0 Å². The molecule has 0 aromatic carbocycles. The molecule has 2 heterocycles. The Balaban J connectivity index is 2.08. The van der Waals surface area contributed by atoms with Crippen LogP contribution in [0.2, 0.25) is 0 Å². The van der Waals surface area contributed by atoms with Crippen molar-refractivity contribution in [1.29, 1.82) is 0 Å². The van der Waals surface area contributed by atoms with Crippen LogP contribution >= 0.6 is 0 Å². The summed E-state index contributed by atoms with van der Waals surface area (Å²) in [6, 6.07) is 0.218. The molecule has 60 valence electrons. The van der Waals surface area contributed by atoms with Crippen LogP contribution in [0.4, 0.5) is 4.48 Å². The Bertz CT molecular complexity index is 222. The number of halogens is 1. The summed E-state index contributed by atoms with van der Waals surface area (Å²) in [5.74, 6) is 0. The second kappa shape index (κ2) is 2.58. The first-order valence-corrected chi connectivity index (χ1v) is 3.61. The minimum absolute atomic E-state index is 0.218. The highest BCUT2D eigenvalue weighted by Crippen LogP contribution is 2.20. The number of hydrogen-bond acceptors (Lipinski definition) is 3. The summed E-state index contributed by atoms with van der Waals surface area (Å²) in [4.78, 5) is 0. The van der Waals surface area contributed by atoms with Crippen LogP contribution in [0, 0.1) is 0 Å². The zero-order valence-corrected chi connectivity index (χ0v) is 6.02. The van der Waals surface area contributed by atoms with Crippen molar-refractivity contribution >= 4 is 0 Å². The van der Waals surface area contributed by atoms with Crippen molar-refractivity contribution in [3.05, 3.63) is 12.7 Å². The third-order valence-corrected chi connectivity index (χ3v) is 1.97. The Morgan fingerprint density at radius 1 is 1.36 bits per heavy atom. The maximum absolute atomic E-state index is 12.5. The first-order chi connectivity index (χ1) is 5.36. The molecular weight excluding hydrogens is 147 g/mol. The zero-order chi connectivity index (χ0) is 7.68. The molecule has 1 fully saturated rings. The summed E-state index contributed by atoms with van der Waals surface area (Å²) < 4.78 is 14.4. The third kappa shape index (κ3) is 1.23. The Morgan fingerprint density at radius 3 is 2.64 bits per heavy atom. The fourth-order valence-corrected chi connectivity index (χ4v) is 1.34. The molecule has 0 radical (unpaired) electrons. The number of hydrogen-bond donors (Lipinski definition) is 0. The van der Waals surface area contributed by atoms with Crippen LogP contribution in [0.3, 0.4) is 0 Å². The Morgan fingerprint density at radius 2 is 2.09 bits per heavy atom. The van der Waals surface area contributed by atoms with Gasteiger partial charge in [0.2, 0.25) is 0 Å². The van der Waals surface area contributed by atoms with E-state index < -0.39 is 0 Å². The maximum atomic E-state index is 12.5. The second-order valence-electron chi connectivity index (χ2n) is 2.72. The molecule has 2 rings (SSSR count). The molecule has 0 bridgehead atoms. The molecule has 0 saturated carbocycles. The van der Waals surface area contributed by atoms with Crippen molar-refractivity contribution in [3.8, 4) is 0 Å². The molecule has 1 unspecified atom stereocenters. The summed E-state index contributed by atoms with van der Waals surface area (Å²) in [6.45, 7) is 0.973. The number of nitrogens with zero attached hydrogens (tertiary/aromatic N) is 4. The van der Waals surface area contributed by atoms with Gasteiger partial charge in [-0.15, -0.1) is 19.8 Å². The normalized spacial score (nSPS) is 26.1. The lowest BCUT2D eigenvalue weighted by Crippen LogP contribution is -2.11. The van der Waals surface area contributed by atoms with Crippen LogP contribution in [-0.2, 0) is 0 Å². The van der Waals surface area contributed by atoms with E-state index in [1.54, 1.807) is 12.7 Å². The lowest BCUT2D eigenvalue weighted by Gasteiger charge is -2.07. The molecule has 1 aliphatic rings. The van der Waals surface area contributed by atoms with E-state index in [4.69, 9.17) is 0 Å². The van der Waals surface area contributed by atoms with Crippen molar-refractivity contribution in [2.45, 2.75) is 12.5 Å². The quantitative estimate of drug-likeness (QED) is 0.552. The summed E-state index contributed by atoms with van der Waals surface area (Å²) in [7, 11) is 0.